The van der Waals surface area contributed by atoms with Crippen molar-refractivity contribution in [3.8, 4) is 0 Å². The highest BCUT2D eigenvalue weighted by Crippen LogP contribution is 2.41. The maximum atomic E-state index is 12.9. The first-order valence-corrected chi connectivity index (χ1v) is 9.43. The number of nitrogens with zero attached hydrogens (tertiary/aromatic N) is 1. The number of halogens is 3. The van der Waals surface area contributed by atoms with E-state index < -0.39 is 11.7 Å². The molecule has 0 bridgehead atoms. The van der Waals surface area contributed by atoms with Crippen molar-refractivity contribution >= 4 is 33.3 Å². The molecule has 5 heteroatoms. The van der Waals surface area contributed by atoms with Gasteiger partial charge in [-0.3, -0.25) is 0 Å². The lowest BCUT2D eigenvalue weighted by Gasteiger charge is -2.20. The van der Waals surface area contributed by atoms with Crippen LogP contribution in [0.1, 0.15) is 31.9 Å². The van der Waals surface area contributed by atoms with Crippen LogP contribution in [0.3, 0.4) is 0 Å². The molecule has 0 N–H and O–H groups in total. The predicted molar refractivity (Wildman–Crippen MR) is 112 cm³/mol. The van der Waals surface area contributed by atoms with E-state index in [4.69, 9.17) is 4.42 Å². The summed E-state index contributed by atoms with van der Waals surface area (Å²) >= 11 is 0. The third-order valence-electron chi connectivity index (χ3n) is 5.25. The number of para-hydroxylation sites is 2. The van der Waals surface area contributed by atoms with Crippen molar-refractivity contribution in [2.75, 3.05) is 11.9 Å². The first-order valence-electron chi connectivity index (χ1n) is 9.43. The number of benzene rings is 3. The molecule has 150 valence electrons. The molecule has 29 heavy (non-hydrogen) atoms. The maximum Gasteiger partial charge on any atom is 0.416 e. The first-order chi connectivity index (χ1) is 13.6. The van der Waals surface area contributed by atoms with E-state index in [-0.39, 0.29) is 5.41 Å². The number of rotatable bonds is 2. The van der Waals surface area contributed by atoms with Gasteiger partial charge in [-0.15, -0.1) is 0 Å². The predicted octanol–water partition coefficient (Wildman–Crippen LogP) is 7.67. The van der Waals surface area contributed by atoms with E-state index in [0.717, 1.165) is 45.3 Å². The summed E-state index contributed by atoms with van der Waals surface area (Å²) in [6, 6.07) is 17.2. The highest BCUT2D eigenvalue weighted by Gasteiger charge is 2.30. The normalized spacial score (nSPS) is 12.7. The van der Waals surface area contributed by atoms with Crippen LogP contribution >= 0.6 is 0 Å². The number of hydrogen-bond donors (Lipinski definition) is 0. The minimum atomic E-state index is -4.35. The summed E-state index contributed by atoms with van der Waals surface area (Å²) in [7, 11) is 1.83. The molecule has 4 rings (SSSR count). The Hall–Kier alpha value is -2.95. The van der Waals surface area contributed by atoms with Crippen LogP contribution in [0.15, 0.2) is 65.1 Å². The molecule has 0 radical (unpaired) electrons. The van der Waals surface area contributed by atoms with Gasteiger partial charge in [-0.05, 0) is 35.7 Å². The van der Waals surface area contributed by atoms with Gasteiger partial charge in [0.15, 0.2) is 5.58 Å². The Morgan fingerprint density at radius 3 is 1.93 bits per heavy atom. The van der Waals surface area contributed by atoms with E-state index in [9.17, 15) is 13.2 Å². The van der Waals surface area contributed by atoms with Gasteiger partial charge >= 0.3 is 6.18 Å². The Balaban J connectivity index is 1.86. The Bertz CT molecular complexity index is 1180. The summed E-state index contributed by atoms with van der Waals surface area (Å²) in [6.45, 7) is 6.43. The van der Waals surface area contributed by atoms with Gasteiger partial charge in [0.1, 0.15) is 5.58 Å². The van der Waals surface area contributed by atoms with Gasteiger partial charge in [0, 0.05) is 29.1 Å². The minimum Gasteiger partial charge on any atom is -0.454 e. The highest BCUT2D eigenvalue weighted by atomic mass is 19.4. The molecule has 3 aromatic carbocycles. The zero-order chi connectivity index (χ0) is 21.0. The zero-order valence-electron chi connectivity index (χ0n) is 16.8. The largest absolute Gasteiger partial charge is 0.454 e. The second-order valence-electron chi connectivity index (χ2n) is 8.29. The monoisotopic (exact) mass is 397 g/mol. The van der Waals surface area contributed by atoms with E-state index in [2.05, 4.69) is 26.8 Å². The van der Waals surface area contributed by atoms with Crippen molar-refractivity contribution in [1.82, 2.24) is 0 Å². The van der Waals surface area contributed by atoms with Gasteiger partial charge in [-0.1, -0.05) is 51.1 Å². The fourth-order valence-electron chi connectivity index (χ4n) is 3.67. The van der Waals surface area contributed by atoms with Crippen molar-refractivity contribution in [3.63, 3.8) is 0 Å². The lowest BCUT2D eigenvalue weighted by Crippen LogP contribution is -2.11. The minimum absolute atomic E-state index is 0.0765. The molecule has 1 heterocycles. The molecule has 0 fully saturated rings. The number of alkyl halides is 3. The molecule has 0 aliphatic heterocycles. The van der Waals surface area contributed by atoms with Crippen molar-refractivity contribution < 1.29 is 17.6 Å². The topological polar surface area (TPSA) is 16.4 Å². The summed E-state index contributed by atoms with van der Waals surface area (Å²) in [5.74, 6) is 0. The molecule has 1 aromatic heterocycles. The molecule has 0 aliphatic rings. The van der Waals surface area contributed by atoms with Crippen LogP contribution < -0.4 is 4.90 Å². The van der Waals surface area contributed by atoms with E-state index in [1.165, 1.54) is 12.1 Å². The first kappa shape index (κ1) is 19.4. The van der Waals surface area contributed by atoms with E-state index in [1.807, 2.05) is 42.3 Å². The Labute approximate surface area is 167 Å². The van der Waals surface area contributed by atoms with Crippen LogP contribution in [-0.2, 0) is 11.6 Å². The lowest BCUT2D eigenvalue weighted by atomic mass is 9.86. The average molecular weight is 397 g/mol. The van der Waals surface area contributed by atoms with E-state index >= 15 is 0 Å². The number of anilines is 2. The third kappa shape index (κ3) is 3.35. The fourth-order valence-corrected chi connectivity index (χ4v) is 3.67. The van der Waals surface area contributed by atoms with Gasteiger partial charge in [0.2, 0.25) is 0 Å². The molecule has 2 nitrogen and oxygen atoms in total. The number of hydrogen-bond acceptors (Lipinski definition) is 2. The van der Waals surface area contributed by atoms with Crippen molar-refractivity contribution in [3.05, 3.63) is 71.8 Å². The van der Waals surface area contributed by atoms with Crippen LogP contribution in [0.5, 0.6) is 0 Å². The molecule has 0 saturated carbocycles. The highest BCUT2D eigenvalue weighted by molar-refractivity contribution is 6.10. The van der Waals surface area contributed by atoms with Crippen LogP contribution in [0.2, 0.25) is 0 Å². The quantitative estimate of drug-likeness (QED) is 0.345. The van der Waals surface area contributed by atoms with Crippen molar-refractivity contribution in [2.24, 2.45) is 0 Å². The second kappa shape index (κ2) is 6.55. The van der Waals surface area contributed by atoms with Gasteiger partial charge < -0.3 is 9.32 Å². The Morgan fingerprint density at radius 2 is 1.34 bits per heavy atom. The van der Waals surface area contributed by atoms with Crippen LogP contribution in [0.4, 0.5) is 24.5 Å². The Morgan fingerprint density at radius 1 is 0.759 bits per heavy atom. The molecule has 4 aromatic rings. The summed E-state index contributed by atoms with van der Waals surface area (Å²) in [5, 5.41) is 2.03. The Kier molecular flexibility index (Phi) is 4.37. The molecule has 0 spiro atoms. The van der Waals surface area contributed by atoms with Crippen molar-refractivity contribution in [1.29, 1.82) is 0 Å². The van der Waals surface area contributed by atoms with E-state index in [1.54, 1.807) is 0 Å². The summed E-state index contributed by atoms with van der Waals surface area (Å²) in [4.78, 5) is 1.85. The molecular formula is C24H22F3NO. The average Bonchev–Trinajstić information content (AvgIpc) is 3.04. The molecule has 0 aliphatic carbocycles. The van der Waals surface area contributed by atoms with Crippen LogP contribution in [0.25, 0.3) is 21.9 Å². The SMILES string of the molecule is CN(c1ccc(C(F)(F)F)cc1)c1cccc2c1oc1c(C(C)(C)C)cccc12. The zero-order valence-corrected chi connectivity index (χ0v) is 16.8. The second-order valence-corrected chi connectivity index (χ2v) is 8.29. The fraction of sp³-hybridized carbons (Fsp3) is 0.250. The molecular weight excluding hydrogens is 375 g/mol. The maximum absolute atomic E-state index is 12.9. The molecule has 0 unspecified atom stereocenters. The van der Waals surface area contributed by atoms with Gasteiger partial charge in [-0.25, -0.2) is 0 Å². The van der Waals surface area contributed by atoms with Gasteiger partial charge in [-0.2, -0.15) is 13.2 Å². The third-order valence-corrected chi connectivity index (χ3v) is 5.25. The van der Waals surface area contributed by atoms with Crippen LogP contribution in [-0.4, -0.2) is 7.05 Å². The molecule has 0 saturated heterocycles. The van der Waals surface area contributed by atoms with E-state index in [0.29, 0.717) is 5.69 Å². The summed E-state index contributed by atoms with van der Waals surface area (Å²) in [5.41, 5.74) is 3.42. The molecule has 0 atom stereocenters. The number of fused-ring (bicyclic) bond motifs is 3. The number of furan rings is 1. The van der Waals surface area contributed by atoms with Crippen LogP contribution in [0, 0.1) is 0 Å². The standard InChI is InChI=1S/C24H22F3NO/c1-23(2,3)19-9-5-7-17-18-8-6-10-20(22(18)29-21(17)19)28(4)16-13-11-15(12-14-16)24(25,26)27/h5-14H,1-4H3. The summed E-state index contributed by atoms with van der Waals surface area (Å²) < 4.78 is 45.0. The summed E-state index contributed by atoms with van der Waals surface area (Å²) in [6.07, 6.45) is -4.35. The van der Waals surface area contributed by atoms with Crippen molar-refractivity contribution in [2.45, 2.75) is 32.4 Å². The van der Waals surface area contributed by atoms with Gasteiger partial charge in [0.05, 0.1) is 11.3 Å². The lowest BCUT2D eigenvalue weighted by molar-refractivity contribution is -0.137. The molecule has 0 amide bonds. The van der Waals surface area contributed by atoms with Gasteiger partial charge in [0.25, 0.3) is 0 Å². The smallest absolute Gasteiger partial charge is 0.416 e.